The van der Waals surface area contributed by atoms with E-state index in [1.807, 2.05) is 0 Å². The molecular weight excluding hydrogens is 248 g/mol. The third-order valence-corrected chi connectivity index (χ3v) is 3.62. The molecule has 0 saturated carbocycles. The zero-order chi connectivity index (χ0) is 13.6. The summed E-state index contributed by atoms with van der Waals surface area (Å²) in [6.45, 7) is 0.314. The van der Waals surface area contributed by atoms with Crippen molar-refractivity contribution in [1.82, 2.24) is 9.80 Å². The van der Waals surface area contributed by atoms with Gasteiger partial charge < -0.3 is 10.0 Å². The summed E-state index contributed by atoms with van der Waals surface area (Å²) in [5, 5.41) is 9.00. The fraction of sp³-hybridized carbons (Fsp3) is 0.308. The van der Waals surface area contributed by atoms with Gasteiger partial charge in [0, 0.05) is 18.5 Å². The Morgan fingerprint density at radius 2 is 1.89 bits per heavy atom. The number of urea groups is 1. The van der Waals surface area contributed by atoms with Crippen molar-refractivity contribution in [3.05, 3.63) is 35.9 Å². The molecule has 6 heteroatoms. The first kappa shape index (κ1) is 11.7. The maximum Gasteiger partial charge on any atom is 0.328 e. The molecule has 0 aromatic heterocycles. The summed E-state index contributed by atoms with van der Waals surface area (Å²) in [5.74, 6) is -1.37. The second kappa shape index (κ2) is 4.08. The first-order chi connectivity index (χ1) is 9.09. The van der Waals surface area contributed by atoms with Crippen LogP contribution in [0.3, 0.4) is 0 Å². The first-order valence-electron chi connectivity index (χ1n) is 6.01. The molecule has 2 atom stereocenters. The van der Waals surface area contributed by atoms with Gasteiger partial charge in [0.15, 0.2) is 0 Å². The number of carbonyl (C=O) groups excluding carboxylic acids is 2. The molecule has 1 aromatic carbocycles. The highest BCUT2D eigenvalue weighted by molar-refractivity contribution is 6.06. The molecule has 2 saturated heterocycles. The van der Waals surface area contributed by atoms with E-state index in [1.54, 1.807) is 30.3 Å². The van der Waals surface area contributed by atoms with Crippen LogP contribution in [0.25, 0.3) is 0 Å². The maximum atomic E-state index is 12.3. The van der Waals surface area contributed by atoms with Crippen LogP contribution in [0.15, 0.2) is 30.3 Å². The minimum Gasteiger partial charge on any atom is -0.480 e. The second-order valence-corrected chi connectivity index (χ2v) is 4.72. The molecule has 0 aliphatic carbocycles. The van der Waals surface area contributed by atoms with Crippen LogP contribution in [0.2, 0.25) is 0 Å². The van der Waals surface area contributed by atoms with E-state index in [1.165, 1.54) is 9.80 Å². The molecule has 2 heterocycles. The van der Waals surface area contributed by atoms with Crippen LogP contribution in [-0.2, 0) is 4.79 Å². The van der Waals surface area contributed by atoms with Crippen LogP contribution in [0.1, 0.15) is 16.8 Å². The summed E-state index contributed by atoms with van der Waals surface area (Å²) in [5.41, 5.74) is 0.441. The Bertz CT molecular complexity index is 557. The van der Waals surface area contributed by atoms with E-state index in [9.17, 15) is 14.4 Å². The summed E-state index contributed by atoms with van der Waals surface area (Å²) in [6, 6.07) is 6.91. The number of aliphatic carboxylic acids is 1. The normalized spacial score (nSPS) is 24.9. The van der Waals surface area contributed by atoms with Gasteiger partial charge in [0.1, 0.15) is 6.04 Å². The van der Waals surface area contributed by atoms with E-state index >= 15 is 0 Å². The van der Waals surface area contributed by atoms with Gasteiger partial charge in [-0.2, -0.15) is 0 Å². The molecule has 2 aliphatic heterocycles. The highest BCUT2D eigenvalue weighted by Crippen LogP contribution is 2.32. The molecule has 1 aromatic rings. The first-order valence-corrected chi connectivity index (χ1v) is 6.01. The average Bonchev–Trinajstić information content (AvgIpc) is 2.97. The Hall–Kier alpha value is -2.37. The van der Waals surface area contributed by atoms with Crippen LogP contribution >= 0.6 is 0 Å². The van der Waals surface area contributed by atoms with Crippen molar-refractivity contribution in [2.24, 2.45) is 0 Å². The van der Waals surface area contributed by atoms with Gasteiger partial charge in [-0.25, -0.2) is 9.59 Å². The van der Waals surface area contributed by atoms with Crippen molar-refractivity contribution in [3.8, 4) is 0 Å². The Balaban J connectivity index is 1.85. The number of hydrogen-bond acceptors (Lipinski definition) is 3. The molecular formula is C13H12N2O4. The van der Waals surface area contributed by atoms with E-state index in [-0.39, 0.29) is 11.9 Å². The monoisotopic (exact) mass is 260 g/mol. The van der Waals surface area contributed by atoms with Crippen LogP contribution < -0.4 is 0 Å². The van der Waals surface area contributed by atoms with Crippen molar-refractivity contribution >= 4 is 17.9 Å². The van der Waals surface area contributed by atoms with Crippen molar-refractivity contribution in [2.45, 2.75) is 18.5 Å². The molecule has 3 amide bonds. The number of benzene rings is 1. The molecule has 19 heavy (non-hydrogen) atoms. The van der Waals surface area contributed by atoms with E-state index in [2.05, 4.69) is 0 Å². The second-order valence-electron chi connectivity index (χ2n) is 4.72. The minimum absolute atomic E-state index is 0.305. The minimum atomic E-state index is -1.01. The van der Waals surface area contributed by atoms with Gasteiger partial charge in [-0.1, -0.05) is 18.2 Å². The topological polar surface area (TPSA) is 77.9 Å². The van der Waals surface area contributed by atoms with Crippen LogP contribution in [0.4, 0.5) is 4.79 Å². The van der Waals surface area contributed by atoms with E-state index < -0.39 is 18.0 Å². The van der Waals surface area contributed by atoms with E-state index in [4.69, 9.17) is 5.11 Å². The van der Waals surface area contributed by atoms with Crippen molar-refractivity contribution in [2.75, 3.05) is 6.54 Å². The van der Waals surface area contributed by atoms with Crippen molar-refractivity contribution < 1.29 is 19.5 Å². The number of carboxylic acids is 1. The summed E-state index contributed by atoms with van der Waals surface area (Å²) >= 11 is 0. The SMILES string of the molecule is O=C(O)[C@@H]1C[C@@H]2CN1C(=O)N2C(=O)c1ccccc1. The lowest BCUT2D eigenvalue weighted by Gasteiger charge is -2.28. The van der Waals surface area contributed by atoms with E-state index in [0.29, 0.717) is 18.5 Å². The highest BCUT2D eigenvalue weighted by atomic mass is 16.4. The molecule has 0 spiro atoms. The molecule has 2 bridgehead atoms. The highest BCUT2D eigenvalue weighted by Gasteiger charge is 2.53. The smallest absolute Gasteiger partial charge is 0.328 e. The predicted molar refractivity (Wildman–Crippen MR) is 64.5 cm³/mol. The summed E-state index contributed by atoms with van der Waals surface area (Å²) in [6.07, 6.45) is 0.305. The lowest BCUT2D eigenvalue weighted by atomic mass is 10.1. The molecule has 1 N–H and O–H groups in total. The van der Waals surface area contributed by atoms with Gasteiger partial charge in [-0.05, 0) is 12.1 Å². The van der Waals surface area contributed by atoms with Crippen LogP contribution in [0.5, 0.6) is 0 Å². The number of amides is 3. The molecule has 2 fully saturated rings. The number of imide groups is 1. The van der Waals surface area contributed by atoms with Gasteiger partial charge in [0.2, 0.25) is 0 Å². The summed E-state index contributed by atoms with van der Waals surface area (Å²) < 4.78 is 0. The summed E-state index contributed by atoms with van der Waals surface area (Å²) in [4.78, 5) is 37.7. The molecule has 3 rings (SSSR count). The quantitative estimate of drug-likeness (QED) is 0.852. The number of carbonyl (C=O) groups is 3. The zero-order valence-electron chi connectivity index (χ0n) is 10.0. The fourth-order valence-corrected chi connectivity index (χ4v) is 2.71. The van der Waals surface area contributed by atoms with E-state index in [0.717, 1.165) is 0 Å². The molecule has 98 valence electrons. The molecule has 0 unspecified atom stereocenters. The molecule has 6 nitrogen and oxygen atoms in total. The summed E-state index contributed by atoms with van der Waals surface area (Å²) in [7, 11) is 0. The number of fused-ring (bicyclic) bond motifs is 2. The van der Waals surface area contributed by atoms with Gasteiger partial charge in [-0.3, -0.25) is 9.69 Å². The predicted octanol–water partition coefficient (Wildman–Crippen LogP) is 0.790. The number of hydrogen-bond donors (Lipinski definition) is 1. The average molecular weight is 260 g/mol. The molecule has 0 radical (unpaired) electrons. The Labute approximate surface area is 109 Å². The van der Waals surface area contributed by atoms with Crippen LogP contribution in [0, 0.1) is 0 Å². The van der Waals surface area contributed by atoms with Gasteiger partial charge >= 0.3 is 12.0 Å². The van der Waals surface area contributed by atoms with Crippen molar-refractivity contribution in [1.29, 1.82) is 0 Å². The van der Waals surface area contributed by atoms with Gasteiger partial charge in [-0.15, -0.1) is 0 Å². The van der Waals surface area contributed by atoms with Crippen molar-refractivity contribution in [3.63, 3.8) is 0 Å². The Morgan fingerprint density at radius 3 is 2.47 bits per heavy atom. The third-order valence-electron chi connectivity index (χ3n) is 3.62. The van der Waals surface area contributed by atoms with Gasteiger partial charge in [0.05, 0.1) is 6.04 Å². The maximum absolute atomic E-state index is 12.3. The lowest BCUT2D eigenvalue weighted by Crippen LogP contribution is -2.50. The Morgan fingerprint density at radius 1 is 1.21 bits per heavy atom. The standard InChI is InChI=1S/C13H12N2O4/c16-11(8-4-2-1-3-5-8)15-9-6-10(12(17)18)14(7-9)13(15)19/h1-5,9-10H,6-7H2,(H,17,18)/t9-,10+/m1/s1. The number of rotatable bonds is 2. The zero-order valence-corrected chi connectivity index (χ0v) is 10.0. The van der Waals surface area contributed by atoms with Crippen LogP contribution in [-0.4, -0.2) is 51.4 Å². The molecule has 2 aliphatic rings. The number of nitrogens with zero attached hydrogens (tertiary/aromatic N) is 2. The largest absolute Gasteiger partial charge is 0.480 e. The number of carboxylic acid groups (broad SMARTS) is 1. The lowest BCUT2D eigenvalue weighted by molar-refractivity contribution is -0.141. The fourth-order valence-electron chi connectivity index (χ4n) is 2.71. The van der Waals surface area contributed by atoms with Gasteiger partial charge in [0.25, 0.3) is 5.91 Å². The Kier molecular flexibility index (Phi) is 2.51. The third kappa shape index (κ3) is 1.68.